The number of carboxylic acid groups (broad SMARTS) is 1. The summed E-state index contributed by atoms with van der Waals surface area (Å²) in [5.41, 5.74) is 0. The maximum absolute atomic E-state index is 11.0. The Labute approximate surface area is 98.8 Å². The first-order chi connectivity index (χ1) is 7.43. The van der Waals surface area contributed by atoms with Gasteiger partial charge < -0.3 is 5.11 Å². The first kappa shape index (κ1) is 13.5. The highest BCUT2D eigenvalue weighted by atomic mass is 16.4. The standard InChI is InChI=1S/C13H25NO2/c1-9(2)7-8-14(12-5-6-12)11(4)10(3)13(15)16/h9-12H,5-8H2,1-4H3,(H,15,16). The van der Waals surface area contributed by atoms with E-state index in [1.165, 1.54) is 12.8 Å². The molecule has 0 saturated heterocycles. The highest BCUT2D eigenvalue weighted by Gasteiger charge is 2.35. The third-order valence-corrected chi connectivity index (χ3v) is 3.62. The minimum absolute atomic E-state index is 0.156. The third-order valence-electron chi connectivity index (χ3n) is 3.62. The molecule has 1 saturated carbocycles. The van der Waals surface area contributed by atoms with Crippen molar-refractivity contribution in [3.05, 3.63) is 0 Å². The lowest BCUT2D eigenvalue weighted by Crippen LogP contribution is -2.42. The third kappa shape index (κ3) is 3.78. The monoisotopic (exact) mass is 227 g/mol. The van der Waals surface area contributed by atoms with E-state index in [-0.39, 0.29) is 12.0 Å². The van der Waals surface area contributed by atoms with Gasteiger partial charge in [0.1, 0.15) is 0 Å². The molecule has 0 spiro atoms. The van der Waals surface area contributed by atoms with Gasteiger partial charge in [0.05, 0.1) is 5.92 Å². The van der Waals surface area contributed by atoms with E-state index >= 15 is 0 Å². The van der Waals surface area contributed by atoms with E-state index in [0.717, 1.165) is 13.0 Å². The van der Waals surface area contributed by atoms with Crippen molar-refractivity contribution in [3.8, 4) is 0 Å². The number of nitrogens with zero attached hydrogens (tertiary/aromatic N) is 1. The van der Waals surface area contributed by atoms with Crippen molar-refractivity contribution < 1.29 is 9.90 Å². The molecule has 3 nitrogen and oxygen atoms in total. The molecule has 1 aliphatic rings. The smallest absolute Gasteiger partial charge is 0.307 e. The Kier molecular flexibility index (Phi) is 4.78. The van der Waals surface area contributed by atoms with Gasteiger partial charge in [-0.3, -0.25) is 9.69 Å². The van der Waals surface area contributed by atoms with E-state index in [9.17, 15) is 4.79 Å². The zero-order valence-electron chi connectivity index (χ0n) is 10.9. The number of rotatable bonds is 7. The summed E-state index contributed by atoms with van der Waals surface area (Å²) in [6.07, 6.45) is 3.65. The molecule has 1 N–H and O–H groups in total. The van der Waals surface area contributed by atoms with Crippen LogP contribution in [0.3, 0.4) is 0 Å². The predicted octanol–water partition coefficient (Wildman–Crippen LogP) is 2.61. The average Bonchev–Trinajstić information content (AvgIpc) is 3.00. The van der Waals surface area contributed by atoms with Crippen molar-refractivity contribution in [2.75, 3.05) is 6.54 Å². The molecule has 0 aliphatic heterocycles. The predicted molar refractivity (Wildman–Crippen MR) is 65.4 cm³/mol. The quantitative estimate of drug-likeness (QED) is 0.727. The molecule has 3 heteroatoms. The van der Waals surface area contributed by atoms with Gasteiger partial charge in [-0.1, -0.05) is 20.8 Å². The summed E-state index contributed by atoms with van der Waals surface area (Å²) in [5, 5.41) is 9.05. The second kappa shape index (κ2) is 5.67. The van der Waals surface area contributed by atoms with Crippen molar-refractivity contribution in [3.63, 3.8) is 0 Å². The van der Waals surface area contributed by atoms with E-state index < -0.39 is 5.97 Å². The normalized spacial score (nSPS) is 20.1. The summed E-state index contributed by atoms with van der Waals surface area (Å²) in [7, 11) is 0. The molecular weight excluding hydrogens is 202 g/mol. The van der Waals surface area contributed by atoms with Crippen LogP contribution in [0.2, 0.25) is 0 Å². The van der Waals surface area contributed by atoms with Gasteiger partial charge in [-0.15, -0.1) is 0 Å². The van der Waals surface area contributed by atoms with Crippen LogP contribution in [0.5, 0.6) is 0 Å². The fraction of sp³-hybridized carbons (Fsp3) is 0.923. The molecule has 1 aliphatic carbocycles. The molecule has 2 unspecified atom stereocenters. The Morgan fingerprint density at radius 2 is 1.88 bits per heavy atom. The van der Waals surface area contributed by atoms with Crippen LogP contribution in [-0.4, -0.2) is 34.6 Å². The van der Waals surface area contributed by atoms with Crippen molar-refractivity contribution in [1.29, 1.82) is 0 Å². The zero-order valence-corrected chi connectivity index (χ0v) is 10.9. The molecule has 1 fully saturated rings. The summed E-state index contributed by atoms with van der Waals surface area (Å²) in [5.74, 6) is -0.260. The lowest BCUT2D eigenvalue weighted by molar-refractivity contribution is -0.143. The topological polar surface area (TPSA) is 40.5 Å². The summed E-state index contributed by atoms with van der Waals surface area (Å²) >= 11 is 0. The summed E-state index contributed by atoms with van der Waals surface area (Å²) in [4.78, 5) is 13.4. The Morgan fingerprint density at radius 3 is 2.25 bits per heavy atom. The van der Waals surface area contributed by atoms with Crippen molar-refractivity contribution in [1.82, 2.24) is 4.90 Å². The van der Waals surface area contributed by atoms with Crippen molar-refractivity contribution >= 4 is 5.97 Å². The Hall–Kier alpha value is -0.570. The SMILES string of the molecule is CC(C)CCN(C1CC1)C(C)C(C)C(=O)O. The fourth-order valence-electron chi connectivity index (χ4n) is 2.03. The van der Waals surface area contributed by atoms with Crippen LogP contribution >= 0.6 is 0 Å². The average molecular weight is 227 g/mol. The van der Waals surface area contributed by atoms with Gasteiger partial charge in [0.15, 0.2) is 0 Å². The van der Waals surface area contributed by atoms with Gasteiger partial charge in [-0.2, -0.15) is 0 Å². The molecule has 1 rings (SSSR count). The largest absolute Gasteiger partial charge is 0.481 e. The van der Waals surface area contributed by atoms with Gasteiger partial charge in [0, 0.05) is 12.1 Å². The van der Waals surface area contributed by atoms with Crippen LogP contribution in [0.4, 0.5) is 0 Å². The molecule has 0 aromatic rings. The molecule has 2 atom stereocenters. The van der Waals surface area contributed by atoms with E-state index in [1.807, 2.05) is 6.92 Å². The van der Waals surface area contributed by atoms with Gasteiger partial charge in [-0.25, -0.2) is 0 Å². The second-order valence-electron chi connectivity index (χ2n) is 5.52. The summed E-state index contributed by atoms with van der Waals surface area (Å²) in [6.45, 7) is 9.35. The highest BCUT2D eigenvalue weighted by Crippen LogP contribution is 2.31. The second-order valence-corrected chi connectivity index (χ2v) is 5.52. The highest BCUT2D eigenvalue weighted by molar-refractivity contribution is 5.70. The molecular formula is C13H25NO2. The first-order valence-electron chi connectivity index (χ1n) is 6.42. The van der Waals surface area contributed by atoms with E-state index in [1.54, 1.807) is 0 Å². The minimum Gasteiger partial charge on any atom is -0.481 e. The van der Waals surface area contributed by atoms with Crippen LogP contribution in [0, 0.1) is 11.8 Å². The molecule has 0 radical (unpaired) electrons. The molecule has 94 valence electrons. The van der Waals surface area contributed by atoms with Crippen LogP contribution < -0.4 is 0 Å². The van der Waals surface area contributed by atoms with Crippen molar-refractivity contribution in [2.45, 2.75) is 59.0 Å². The fourth-order valence-corrected chi connectivity index (χ4v) is 2.03. The minimum atomic E-state index is -0.678. The lowest BCUT2D eigenvalue weighted by atomic mass is 10.0. The van der Waals surface area contributed by atoms with Gasteiger partial charge >= 0.3 is 5.97 Å². The van der Waals surface area contributed by atoms with Gasteiger partial charge in [0.2, 0.25) is 0 Å². The Balaban J connectivity index is 2.51. The molecule has 16 heavy (non-hydrogen) atoms. The summed E-state index contributed by atoms with van der Waals surface area (Å²) < 4.78 is 0. The molecule has 0 heterocycles. The maximum atomic E-state index is 11.0. The number of hydrogen-bond donors (Lipinski definition) is 1. The van der Waals surface area contributed by atoms with Crippen LogP contribution in [-0.2, 0) is 4.79 Å². The molecule has 0 aromatic heterocycles. The van der Waals surface area contributed by atoms with Crippen LogP contribution in [0.25, 0.3) is 0 Å². The number of aliphatic carboxylic acids is 1. The van der Waals surface area contributed by atoms with Gasteiger partial charge in [0.25, 0.3) is 0 Å². The maximum Gasteiger partial charge on any atom is 0.307 e. The number of hydrogen-bond acceptors (Lipinski definition) is 2. The van der Waals surface area contributed by atoms with Crippen LogP contribution in [0.1, 0.15) is 47.0 Å². The van der Waals surface area contributed by atoms with E-state index in [2.05, 4.69) is 25.7 Å². The number of carbonyl (C=O) groups is 1. The lowest BCUT2D eigenvalue weighted by Gasteiger charge is -2.32. The Morgan fingerprint density at radius 1 is 1.31 bits per heavy atom. The van der Waals surface area contributed by atoms with Gasteiger partial charge in [-0.05, 0) is 38.6 Å². The first-order valence-corrected chi connectivity index (χ1v) is 6.42. The zero-order chi connectivity index (χ0) is 12.3. The number of carboxylic acids is 1. The van der Waals surface area contributed by atoms with Crippen LogP contribution in [0.15, 0.2) is 0 Å². The summed E-state index contributed by atoms with van der Waals surface area (Å²) in [6, 6.07) is 0.805. The Bertz CT molecular complexity index is 236. The van der Waals surface area contributed by atoms with E-state index in [4.69, 9.17) is 5.11 Å². The molecule has 0 bridgehead atoms. The molecule has 0 aromatic carbocycles. The van der Waals surface area contributed by atoms with Crippen molar-refractivity contribution in [2.24, 2.45) is 11.8 Å². The van der Waals surface area contributed by atoms with E-state index in [0.29, 0.717) is 12.0 Å². The molecule has 0 amide bonds.